The number of nitrogens with one attached hydrogen (secondary N) is 1. The van der Waals surface area contributed by atoms with Crippen LogP contribution in [0.25, 0.3) is 0 Å². The number of aromatic nitrogens is 1. The van der Waals surface area contributed by atoms with Crippen LogP contribution in [-0.2, 0) is 11.3 Å². The Hall–Kier alpha value is -2.31. The predicted octanol–water partition coefficient (Wildman–Crippen LogP) is 1.88. The Kier molecular flexibility index (Phi) is 5.08. The van der Waals surface area contributed by atoms with E-state index < -0.39 is 11.9 Å². The largest absolute Gasteiger partial charge is 0.481 e. The van der Waals surface area contributed by atoms with Gasteiger partial charge in [-0.25, -0.2) is 9.78 Å². The molecule has 1 unspecified atom stereocenters. The molecular formula is C16H23N3O4. The quantitative estimate of drug-likeness (QED) is 0.883. The predicted molar refractivity (Wildman–Crippen MR) is 84.2 cm³/mol. The summed E-state index contributed by atoms with van der Waals surface area (Å²) in [6.07, 6.45) is 2.16. The van der Waals surface area contributed by atoms with Gasteiger partial charge in [-0.3, -0.25) is 4.79 Å². The first-order valence-corrected chi connectivity index (χ1v) is 7.64. The van der Waals surface area contributed by atoms with Gasteiger partial charge in [0.05, 0.1) is 5.92 Å². The highest BCUT2D eigenvalue weighted by Gasteiger charge is 2.30. The lowest BCUT2D eigenvalue weighted by Gasteiger charge is -2.20. The topological polar surface area (TPSA) is 91.8 Å². The summed E-state index contributed by atoms with van der Waals surface area (Å²) in [6.45, 7) is 6.92. The molecule has 1 fully saturated rings. The third-order valence-corrected chi connectivity index (χ3v) is 3.48. The highest BCUT2D eigenvalue weighted by Crippen LogP contribution is 2.17. The van der Waals surface area contributed by atoms with E-state index in [0.717, 1.165) is 5.56 Å². The Morgan fingerprint density at radius 1 is 1.43 bits per heavy atom. The molecule has 1 aromatic rings. The van der Waals surface area contributed by atoms with Crippen molar-refractivity contribution in [2.45, 2.75) is 39.3 Å². The van der Waals surface area contributed by atoms with E-state index in [0.29, 0.717) is 25.4 Å². The average molecular weight is 321 g/mol. The lowest BCUT2D eigenvalue weighted by Crippen LogP contribution is -2.38. The summed E-state index contributed by atoms with van der Waals surface area (Å²) in [4.78, 5) is 28.7. The fourth-order valence-corrected chi connectivity index (χ4v) is 2.33. The van der Waals surface area contributed by atoms with E-state index >= 15 is 0 Å². The molecule has 1 atom stereocenters. The molecule has 0 radical (unpaired) electrons. The molecule has 0 aliphatic carbocycles. The van der Waals surface area contributed by atoms with Crippen molar-refractivity contribution in [3.05, 3.63) is 23.9 Å². The smallest absolute Gasteiger partial charge is 0.317 e. The summed E-state index contributed by atoms with van der Waals surface area (Å²) in [6, 6.07) is 3.37. The fraction of sp³-hybridized carbons (Fsp3) is 0.562. The number of carbonyl (C=O) groups is 2. The van der Waals surface area contributed by atoms with Crippen LogP contribution in [0.15, 0.2) is 18.3 Å². The molecule has 0 aromatic carbocycles. The van der Waals surface area contributed by atoms with Crippen LogP contribution < -0.4 is 10.1 Å². The van der Waals surface area contributed by atoms with Crippen molar-refractivity contribution in [1.29, 1.82) is 0 Å². The van der Waals surface area contributed by atoms with Crippen LogP contribution in [0.2, 0.25) is 0 Å². The molecule has 0 spiro atoms. The molecule has 0 saturated carbocycles. The summed E-state index contributed by atoms with van der Waals surface area (Å²) >= 11 is 0. The number of likely N-dealkylation sites (tertiary alicyclic amines) is 1. The first-order chi connectivity index (χ1) is 10.7. The van der Waals surface area contributed by atoms with E-state index in [9.17, 15) is 9.59 Å². The molecule has 2 amide bonds. The Morgan fingerprint density at radius 2 is 2.17 bits per heavy atom. The molecule has 2 rings (SSSR count). The summed E-state index contributed by atoms with van der Waals surface area (Å²) in [5.41, 5.74) is 0.549. The second-order valence-electron chi connectivity index (χ2n) is 6.65. The van der Waals surface area contributed by atoms with Crippen LogP contribution in [0, 0.1) is 5.92 Å². The lowest BCUT2D eigenvalue weighted by atomic mass is 10.1. The van der Waals surface area contributed by atoms with Gasteiger partial charge in [0.1, 0.15) is 5.60 Å². The Bertz CT molecular complexity index is 566. The molecule has 2 N–H and O–H groups in total. The Morgan fingerprint density at radius 3 is 2.70 bits per heavy atom. The van der Waals surface area contributed by atoms with Gasteiger partial charge in [0.25, 0.3) is 0 Å². The molecule has 7 heteroatoms. The van der Waals surface area contributed by atoms with Crippen LogP contribution in [0.3, 0.4) is 0 Å². The van der Waals surface area contributed by atoms with Crippen molar-refractivity contribution in [3.8, 4) is 5.88 Å². The number of pyridine rings is 1. The minimum atomic E-state index is -0.848. The Balaban J connectivity index is 1.82. The first kappa shape index (κ1) is 17.1. The molecule has 1 aromatic heterocycles. The van der Waals surface area contributed by atoms with E-state index in [4.69, 9.17) is 9.84 Å². The summed E-state index contributed by atoms with van der Waals surface area (Å²) in [7, 11) is 0. The van der Waals surface area contributed by atoms with Gasteiger partial charge >= 0.3 is 12.0 Å². The van der Waals surface area contributed by atoms with Crippen LogP contribution in [0.4, 0.5) is 4.79 Å². The van der Waals surface area contributed by atoms with E-state index in [-0.39, 0.29) is 18.2 Å². The summed E-state index contributed by atoms with van der Waals surface area (Å²) in [5, 5.41) is 11.7. The van der Waals surface area contributed by atoms with E-state index in [2.05, 4.69) is 10.3 Å². The molecule has 7 nitrogen and oxygen atoms in total. The molecule has 2 heterocycles. The van der Waals surface area contributed by atoms with Gasteiger partial charge in [-0.05, 0) is 32.8 Å². The number of rotatable bonds is 4. The highest BCUT2D eigenvalue weighted by atomic mass is 16.5. The number of urea groups is 1. The highest BCUT2D eigenvalue weighted by molar-refractivity contribution is 5.77. The van der Waals surface area contributed by atoms with Crippen molar-refractivity contribution in [3.63, 3.8) is 0 Å². The lowest BCUT2D eigenvalue weighted by molar-refractivity contribution is -0.141. The molecular weight excluding hydrogens is 298 g/mol. The number of ether oxygens (including phenoxy) is 1. The first-order valence-electron chi connectivity index (χ1n) is 7.64. The number of nitrogens with zero attached hydrogens (tertiary/aromatic N) is 2. The average Bonchev–Trinajstić information content (AvgIpc) is 2.94. The number of amides is 2. The van der Waals surface area contributed by atoms with Gasteiger partial charge in [-0.2, -0.15) is 0 Å². The normalized spacial score (nSPS) is 17.9. The summed E-state index contributed by atoms with van der Waals surface area (Å²) in [5.74, 6) is -0.772. The zero-order valence-electron chi connectivity index (χ0n) is 13.7. The van der Waals surface area contributed by atoms with E-state index in [1.54, 1.807) is 12.3 Å². The third kappa shape index (κ3) is 5.12. The van der Waals surface area contributed by atoms with Gasteiger partial charge < -0.3 is 20.1 Å². The zero-order chi connectivity index (χ0) is 17.0. The minimum Gasteiger partial charge on any atom is -0.481 e. The maximum Gasteiger partial charge on any atom is 0.317 e. The fourth-order valence-electron chi connectivity index (χ4n) is 2.33. The van der Waals surface area contributed by atoms with Crippen LogP contribution in [-0.4, -0.2) is 45.7 Å². The minimum absolute atomic E-state index is 0.247. The number of hydrogen-bond donors (Lipinski definition) is 2. The summed E-state index contributed by atoms with van der Waals surface area (Å²) < 4.78 is 5.64. The van der Waals surface area contributed by atoms with Crippen molar-refractivity contribution in [2.24, 2.45) is 5.92 Å². The van der Waals surface area contributed by atoms with E-state index in [1.807, 2.05) is 26.8 Å². The number of hydrogen-bond acceptors (Lipinski definition) is 4. The molecule has 1 saturated heterocycles. The Labute approximate surface area is 135 Å². The van der Waals surface area contributed by atoms with Crippen molar-refractivity contribution >= 4 is 12.0 Å². The second kappa shape index (κ2) is 6.85. The molecule has 23 heavy (non-hydrogen) atoms. The molecule has 1 aliphatic heterocycles. The van der Waals surface area contributed by atoms with Crippen molar-refractivity contribution in [2.75, 3.05) is 13.1 Å². The molecule has 1 aliphatic rings. The number of carboxylic acids is 1. The van der Waals surface area contributed by atoms with Crippen LogP contribution >= 0.6 is 0 Å². The van der Waals surface area contributed by atoms with Gasteiger partial charge in [0.15, 0.2) is 0 Å². The van der Waals surface area contributed by atoms with Crippen LogP contribution in [0.1, 0.15) is 32.8 Å². The maximum atomic E-state index is 12.0. The third-order valence-electron chi connectivity index (χ3n) is 3.48. The standard InChI is InChI=1S/C16H23N3O4/c1-16(2,3)23-13-5-4-11(8-17-13)9-18-15(22)19-7-6-12(10-19)14(20)21/h4-5,8,12H,6-7,9-10H2,1-3H3,(H,18,22)(H,20,21). The van der Waals surface area contributed by atoms with Crippen molar-refractivity contribution in [1.82, 2.24) is 15.2 Å². The second-order valence-corrected chi connectivity index (χ2v) is 6.65. The van der Waals surface area contributed by atoms with Gasteiger partial charge in [-0.1, -0.05) is 6.07 Å². The molecule has 0 bridgehead atoms. The number of aliphatic carboxylic acids is 1. The number of carbonyl (C=O) groups excluding carboxylic acids is 1. The van der Waals surface area contributed by atoms with Crippen molar-refractivity contribution < 1.29 is 19.4 Å². The van der Waals surface area contributed by atoms with Gasteiger partial charge in [0.2, 0.25) is 5.88 Å². The van der Waals surface area contributed by atoms with Gasteiger partial charge in [0, 0.05) is 31.9 Å². The van der Waals surface area contributed by atoms with E-state index in [1.165, 1.54) is 4.90 Å². The zero-order valence-corrected chi connectivity index (χ0v) is 13.7. The van der Waals surface area contributed by atoms with Gasteiger partial charge in [-0.15, -0.1) is 0 Å². The molecule has 126 valence electrons. The van der Waals surface area contributed by atoms with Crippen LogP contribution in [0.5, 0.6) is 5.88 Å². The monoisotopic (exact) mass is 321 g/mol. The maximum absolute atomic E-state index is 12.0. The number of carboxylic acid groups (broad SMARTS) is 1. The SMILES string of the molecule is CC(C)(C)Oc1ccc(CNC(=O)N2CCC(C(=O)O)C2)cn1.